The molecule has 3 aromatic carbocycles. The molecule has 6 heteroatoms. The lowest BCUT2D eigenvalue weighted by atomic mass is 10.1. The van der Waals surface area contributed by atoms with Gasteiger partial charge in [0.2, 0.25) is 5.78 Å². The molecule has 0 bridgehead atoms. The Hall–Kier alpha value is -0.960. The normalized spacial score (nSPS) is 11.9. The van der Waals surface area contributed by atoms with Gasteiger partial charge in [-0.15, -0.1) is 0 Å². The van der Waals surface area contributed by atoms with Crippen LogP contribution in [0.4, 0.5) is 4.39 Å². The first-order valence-corrected chi connectivity index (χ1v) is 11.3. The van der Waals surface area contributed by atoms with E-state index >= 15 is 0 Å². The zero-order valence-electron chi connectivity index (χ0n) is 13.8. The first kappa shape index (κ1) is 20.8. The van der Waals surface area contributed by atoms with E-state index in [0.717, 1.165) is 23.0 Å². The fraction of sp³-hybridized carbons (Fsp3) is 0. The Morgan fingerprint density at radius 2 is 1.26 bits per heavy atom. The van der Waals surface area contributed by atoms with Gasteiger partial charge in [-0.05, 0) is 88.8 Å². The van der Waals surface area contributed by atoms with Crippen LogP contribution in [-0.4, -0.2) is 5.78 Å². The highest BCUT2D eigenvalue weighted by Crippen LogP contribution is 2.39. The van der Waals surface area contributed by atoms with Crippen LogP contribution in [0.3, 0.4) is 0 Å². The van der Waals surface area contributed by atoms with Crippen molar-refractivity contribution in [1.82, 2.24) is 0 Å². The Labute approximate surface area is 191 Å². The smallest absolute Gasteiger partial charge is 0.200 e. The van der Waals surface area contributed by atoms with Crippen LogP contribution in [0.2, 0.25) is 0 Å². The zero-order chi connectivity index (χ0) is 19.4. The fourth-order valence-corrected chi connectivity index (χ4v) is 4.66. The van der Waals surface area contributed by atoms with Crippen LogP contribution in [0.15, 0.2) is 91.5 Å². The standard InChI is InChI=1S/C21H12Br2FIOS/c22-15-5-1-14(2-6-15)20(26)21(27-18-11-7-16(23)8-12-18)19(25)13-3-9-17(24)10-4-13/h1-12H. The van der Waals surface area contributed by atoms with E-state index in [1.807, 2.05) is 36.4 Å². The lowest BCUT2D eigenvalue weighted by Crippen LogP contribution is -2.02. The molecule has 3 rings (SSSR count). The Morgan fingerprint density at radius 3 is 1.81 bits per heavy atom. The lowest BCUT2D eigenvalue weighted by molar-refractivity contribution is 0.104. The Bertz CT molecular complexity index is 984. The second kappa shape index (κ2) is 9.49. The van der Waals surface area contributed by atoms with E-state index in [1.54, 1.807) is 24.3 Å². The van der Waals surface area contributed by atoms with Crippen molar-refractivity contribution in [3.8, 4) is 0 Å². The minimum Gasteiger partial charge on any atom is -0.288 e. The van der Waals surface area contributed by atoms with Crippen LogP contribution in [0.5, 0.6) is 0 Å². The zero-order valence-corrected chi connectivity index (χ0v) is 19.9. The summed E-state index contributed by atoms with van der Waals surface area (Å²) in [6, 6.07) is 21.3. The summed E-state index contributed by atoms with van der Waals surface area (Å²) < 4.78 is 16.0. The molecule has 0 aliphatic rings. The average Bonchev–Trinajstić information content (AvgIpc) is 2.68. The van der Waals surface area contributed by atoms with Crippen molar-refractivity contribution < 1.29 is 9.18 Å². The van der Waals surface area contributed by atoms with Gasteiger partial charge >= 0.3 is 0 Å². The Kier molecular flexibility index (Phi) is 7.30. The minimum absolute atomic E-state index is 0.0656. The van der Waals surface area contributed by atoms with E-state index in [1.165, 1.54) is 23.9 Å². The molecule has 0 aliphatic heterocycles. The summed E-state index contributed by atoms with van der Waals surface area (Å²) in [5, 5.41) is 0. The van der Waals surface area contributed by atoms with Gasteiger partial charge in [-0.25, -0.2) is 4.39 Å². The predicted molar refractivity (Wildman–Crippen MR) is 126 cm³/mol. The van der Waals surface area contributed by atoms with Crippen molar-refractivity contribution in [3.05, 3.63) is 104 Å². The Balaban J connectivity index is 2.05. The molecule has 0 heterocycles. The average molecular weight is 618 g/mol. The molecule has 1 nitrogen and oxygen atoms in total. The topological polar surface area (TPSA) is 17.1 Å². The van der Waals surface area contributed by atoms with Crippen LogP contribution >= 0.6 is 66.2 Å². The van der Waals surface area contributed by atoms with Crippen LogP contribution in [0.1, 0.15) is 15.9 Å². The highest BCUT2D eigenvalue weighted by atomic mass is 127. The number of hydrogen-bond acceptors (Lipinski definition) is 2. The second-order valence-electron chi connectivity index (χ2n) is 5.54. The maximum atomic E-state index is 13.3. The summed E-state index contributed by atoms with van der Waals surface area (Å²) in [6.07, 6.45) is 0. The van der Waals surface area contributed by atoms with Crippen LogP contribution in [0, 0.1) is 5.82 Å². The molecule has 0 aliphatic carbocycles. The van der Waals surface area contributed by atoms with Gasteiger partial charge in [-0.1, -0.05) is 55.8 Å². The largest absolute Gasteiger partial charge is 0.288 e. The molecule has 136 valence electrons. The van der Waals surface area contributed by atoms with Gasteiger partial charge in [0.15, 0.2) is 0 Å². The van der Waals surface area contributed by atoms with E-state index in [0.29, 0.717) is 10.5 Å². The monoisotopic (exact) mass is 616 g/mol. The van der Waals surface area contributed by atoms with E-state index in [9.17, 15) is 9.18 Å². The van der Waals surface area contributed by atoms with Crippen molar-refractivity contribution in [1.29, 1.82) is 0 Å². The number of benzene rings is 3. The van der Waals surface area contributed by atoms with Crippen LogP contribution in [0.25, 0.3) is 3.58 Å². The number of rotatable bonds is 5. The molecule has 0 unspecified atom stereocenters. The van der Waals surface area contributed by atoms with E-state index < -0.39 is 0 Å². The molecule has 0 N–H and O–H groups in total. The number of thioether (sulfide) groups is 1. The van der Waals surface area contributed by atoms with Crippen LogP contribution < -0.4 is 0 Å². The third-order valence-electron chi connectivity index (χ3n) is 3.64. The molecule has 0 radical (unpaired) electrons. The summed E-state index contributed by atoms with van der Waals surface area (Å²) in [7, 11) is 0. The number of carbonyl (C=O) groups is 1. The minimum atomic E-state index is -0.302. The number of Topliss-reactive ketones (excluding diaryl/α,β-unsaturated/α-hetero) is 1. The summed E-state index contributed by atoms with van der Waals surface area (Å²) in [4.78, 5) is 14.8. The third-order valence-corrected chi connectivity index (χ3v) is 7.33. The molecule has 0 saturated carbocycles. The number of allylic oxidation sites excluding steroid dienone is 1. The number of carbonyl (C=O) groups excluding carboxylic acids is 1. The van der Waals surface area contributed by atoms with Gasteiger partial charge in [0.1, 0.15) is 5.82 Å². The number of ketones is 1. The summed E-state index contributed by atoms with van der Waals surface area (Å²) in [5.41, 5.74) is 1.41. The van der Waals surface area contributed by atoms with Gasteiger partial charge in [-0.3, -0.25) is 4.79 Å². The maximum absolute atomic E-state index is 13.3. The third kappa shape index (κ3) is 5.53. The summed E-state index contributed by atoms with van der Waals surface area (Å²) in [5.74, 6) is -0.367. The van der Waals surface area contributed by atoms with Gasteiger partial charge in [-0.2, -0.15) is 0 Å². The lowest BCUT2D eigenvalue weighted by Gasteiger charge is -2.11. The highest BCUT2D eigenvalue weighted by Gasteiger charge is 2.19. The first-order valence-electron chi connectivity index (χ1n) is 7.83. The number of halogens is 4. The van der Waals surface area contributed by atoms with Gasteiger partial charge in [0.05, 0.1) is 4.91 Å². The van der Waals surface area contributed by atoms with E-state index in [4.69, 9.17) is 0 Å². The fourth-order valence-electron chi connectivity index (χ4n) is 2.27. The molecule has 3 aromatic rings. The van der Waals surface area contributed by atoms with Crippen molar-refractivity contribution in [2.45, 2.75) is 4.90 Å². The summed E-state index contributed by atoms with van der Waals surface area (Å²) >= 11 is 10.4. The van der Waals surface area contributed by atoms with Gasteiger partial charge in [0.25, 0.3) is 0 Å². The molecule has 0 amide bonds. The molecule has 0 atom stereocenters. The molecular weight excluding hydrogens is 606 g/mol. The second-order valence-corrected chi connectivity index (χ2v) is 9.54. The molecular formula is C21H12Br2FIOS. The Morgan fingerprint density at radius 1 is 0.778 bits per heavy atom. The van der Waals surface area contributed by atoms with Crippen molar-refractivity contribution in [2.75, 3.05) is 0 Å². The molecule has 0 spiro atoms. The quantitative estimate of drug-likeness (QED) is 0.124. The molecule has 27 heavy (non-hydrogen) atoms. The number of hydrogen-bond donors (Lipinski definition) is 0. The predicted octanol–water partition coefficient (Wildman–Crippen LogP) is 8.13. The molecule has 0 aromatic heterocycles. The molecule has 0 saturated heterocycles. The SMILES string of the molecule is O=C(C(Sc1ccc(Br)cc1)=C(I)c1ccc(F)cc1)c1ccc(Br)cc1. The highest BCUT2D eigenvalue weighted by molar-refractivity contribution is 14.1. The van der Waals surface area contributed by atoms with Gasteiger partial charge < -0.3 is 0 Å². The van der Waals surface area contributed by atoms with Crippen molar-refractivity contribution in [3.63, 3.8) is 0 Å². The maximum Gasteiger partial charge on any atom is 0.200 e. The van der Waals surface area contributed by atoms with E-state index in [-0.39, 0.29) is 11.6 Å². The van der Waals surface area contributed by atoms with Crippen molar-refractivity contribution in [2.24, 2.45) is 0 Å². The van der Waals surface area contributed by atoms with E-state index in [2.05, 4.69) is 54.5 Å². The summed E-state index contributed by atoms with van der Waals surface area (Å²) in [6.45, 7) is 0. The van der Waals surface area contributed by atoms with Crippen molar-refractivity contribution >= 4 is 75.6 Å². The van der Waals surface area contributed by atoms with Gasteiger partial charge in [0, 0.05) is 23.0 Å². The first-order chi connectivity index (χ1) is 12.9. The van der Waals surface area contributed by atoms with Crippen LogP contribution in [-0.2, 0) is 0 Å². The molecule has 0 fully saturated rings.